The molecule has 1 heterocycles. The topological polar surface area (TPSA) is 92.3 Å². The van der Waals surface area contributed by atoms with Gasteiger partial charge in [0, 0.05) is 17.0 Å². The maximum atomic E-state index is 13.1. The number of sulfone groups is 1. The Balaban J connectivity index is 1.67. The van der Waals surface area contributed by atoms with Crippen LogP contribution in [0.1, 0.15) is 13.3 Å². The highest BCUT2D eigenvalue weighted by Crippen LogP contribution is 2.36. The van der Waals surface area contributed by atoms with Gasteiger partial charge in [0.1, 0.15) is 5.82 Å². The monoisotopic (exact) mass is 408 g/mol. The van der Waals surface area contributed by atoms with Gasteiger partial charge in [-0.1, -0.05) is 6.07 Å². The Kier molecular flexibility index (Phi) is 5.52. The number of carbonyl (C=O) groups excluding carboxylic acids is 2. The van der Waals surface area contributed by atoms with Gasteiger partial charge >= 0.3 is 0 Å². The summed E-state index contributed by atoms with van der Waals surface area (Å²) in [7, 11) is -3.72. The lowest BCUT2D eigenvalue weighted by molar-refractivity contribution is -0.116. The molecular weight excluding hydrogens is 391 g/mol. The Morgan fingerprint density at radius 3 is 2.78 bits per heavy atom. The lowest BCUT2D eigenvalue weighted by atomic mass is 10.3. The minimum atomic E-state index is -3.72. The van der Waals surface area contributed by atoms with Crippen LogP contribution in [0.15, 0.2) is 52.3 Å². The Hall–Kier alpha value is -2.39. The Bertz CT molecular complexity index is 1010. The van der Waals surface area contributed by atoms with Crippen LogP contribution in [0.2, 0.25) is 0 Å². The predicted molar refractivity (Wildman–Crippen MR) is 102 cm³/mol. The third-order valence-electron chi connectivity index (χ3n) is 3.95. The number of anilines is 2. The van der Waals surface area contributed by atoms with Crippen molar-refractivity contribution in [1.82, 2.24) is 0 Å². The van der Waals surface area contributed by atoms with E-state index in [-0.39, 0.29) is 28.2 Å². The number of amides is 2. The van der Waals surface area contributed by atoms with Gasteiger partial charge in [0.25, 0.3) is 0 Å². The maximum Gasteiger partial charge on any atom is 0.237 e. The Labute approximate surface area is 160 Å². The fraction of sp³-hybridized carbons (Fsp3) is 0.222. The summed E-state index contributed by atoms with van der Waals surface area (Å²) in [6.45, 7) is 1.77. The van der Waals surface area contributed by atoms with E-state index >= 15 is 0 Å². The van der Waals surface area contributed by atoms with Gasteiger partial charge < -0.3 is 10.6 Å². The SMILES string of the molecule is CC1Sc2ccc(S(=O)(=O)CCC(=O)Nc3cccc(F)c3)cc2NC1=O. The van der Waals surface area contributed by atoms with E-state index in [0.29, 0.717) is 5.69 Å². The molecule has 0 bridgehead atoms. The van der Waals surface area contributed by atoms with Crippen molar-refractivity contribution in [2.24, 2.45) is 0 Å². The largest absolute Gasteiger partial charge is 0.326 e. The quantitative estimate of drug-likeness (QED) is 0.793. The summed E-state index contributed by atoms with van der Waals surface area (Å²) < 4.78 is 38.2. The van der Waals surface area contributed by atoms with Crippen LogP contribution in [0, 0.1) is 5.82 Å². The molecule has 0 fully saturated rings. The minimum Gasteiger partial charge on any atom is -0.326 e. The van der Waals surface area contributed by atoms with E-state index in [2.05, 4.69) is 10.6 Å². The third kappa shape index (κ3) is 4.67. The van der Waals surface area contributed by atoms with Crippen LogP contribution in [0.5, 0.6) is 0 Å². The van der Waals surface area contributed by atoms with Crippen LogP contribution in [-0.4, -0.2) is 31.2 Å². The third-order valence-corrected chi connectivity index (χ3v) is 6.84. The van der Waals surface area contributed by atoms with E-state index < -0.39 is 27.3 Å². The van der Waals surface area contributed by atoms with Crippen molar-refractivity contribution in [2.75, 3.05) is 16.4 Å². The molecule has 2 aromatic rings. The molecule has 0 aliphatic carbocycles. The highest BCUT2D eigenvalue weighted by molar-refractivity contribution is 8.01. The summed E-state index contributed by atoms with van der Waals surface area (Å²) in [5, 5.41) is 4.91. The minimum absolute atomic E-state index is 0.0373. The van der Waals surface area contributed by atoms with Crippen molar-refractivity contribution in [3.63, 3.8) is 0 Å². The van der Waals surface area contributed by atoms with E-state index in [9.17, 15) is 22.4 Å². The number of fused-ring (bicyclic) bond motifs is 1. The first-order valence-corrected chi connectivity index (χ1v) is 10.7. The maximum absolute atomic E-state index is 13.1. The summed E-state index contributed by atoms with van der Waals surface area (Å²) in [5.41, 5.74) is 0.716. The molecule has 0 spiro atoms. The second kappa shape index (κ2) is 7.69. The molecule has 0 saturated carbocycles. The first kappa shape index (κ1) is 19.4. The van der Waals surface area contributed by atoms with Gasteiger partial charge in [-0.05, 0) is 43.3 Å². The van der Waals surface area contributed by atoms with Crippen LogP contribution in [-0.2, 0) is 19.4 Å². The van der Waals surface area contributed by atoms with Gasteiger partial charge in [0.2, 0.25) is 11.8 Å². The zero-order valence-electron chi connectivity index (χ0n) is 14.4. The summed E-state index contributed by atoms with van der Waals surface area (Å²) in [5.74, 6) is -1.61. The van der Waals surface area contributed by atoms with Crippen LogP contribution >= 0.6 is 11.8 Å². The Morgan fingerprint density at radius 1 is 1.26 bits per heavy atom. The lowest BCUT2D eigenvalue weighted by Crippen LogP contribution is -2.26. The normalized spacial score (nSPS) is 16.4. The number of carbonyl (C=O) groups is 2. The van der Waals surface area contributed by atoms with Gasteiger partial charge in [0.15, 0.2) is 9.84 Å². The van der Waals surface area contributed by atoms with Crippen LogP contribution < -0.4 is 10.6 Å². The van der Waals surface area contributed by atoms with Gasteiger partial charge in [-0.15, -0.1) is 11.8 Å². The number of halogens is 1. The number of thioether (sulfide) groups is 1. The van der Waals surface area contributed by atoms with Crippen molar-refractivity contribution in [2.45, 2.75) is 28.4 Å². The number of hydrogen-bond acceptors (Lipinski definition) is 5. The summed E-state index contributed by atoms with van der Waals surface area (Å²) in [6, 6.07) is 9.88. The fourth-order valence-electron chi connectivity index (χ4n) is 2.52. The standard InChI is InChI=1S/C18H17FN2O4S2/c1-11-18(23)21-15-10-14(5-6-16(15)26-11)27(24,25)8-7-17(22)20-13-4-2-3-12(19)9-13/h2-6,9-11H,7-8H2,1H3,(H,20,22)(H,21,23). The van der Waals surface area contributed by atoms with Crippen LogP contribution in [0.25, 0.3) is 0 Å². The highest BCUT2D eigenvalue weighted by Gasteiger charge is 2.25. The smallest absolute Gasteiger partial charge is 0.237 e. The van der Waals surface area contributed by atoms with Crippen molar-refractivity contribution < 1.29 is 22.4 Å². The van der Waals surface area contributed by atoms with Crippen molar-refractivity contribution in [3.8, 4) is 0 Å². The molecule has 2 amide bonds. The summed E-state index contributed by atoms with van der Waals surface area (Å²) in [4.78, 5) is 24.6. The van der Waals surface area contributed by atoms with Gasteiger partial charge in [0.05, 0.1) is 21.6 Å². The number of rotatable bonds is 5. The van der Waals surface area contributed by atoms with Crippen LogP contribution in [0.3, 0.4) is 0 Å². The molecule has 0 radical (unpaired) electrons. The average Bonchev–Trinajstić information content (AvgIpc) is 2.61. The van der Waals surface area contributed by atoms with E-state index in [4.69, 9.17) is 0 Å². The van der Waals surface area contributed by atoms with E-state index in [1.807, 2.05) is 0 Å². The molecule has 1 unspecified atom stereocenters. The summed E-state index contributed by atoms with van der Waals surface area (Å²) in [6.07, 6.45) is -0.270. The van der Waals surface area contributed by atoms with Gasteiger partial charge in [-0.25, -0.2) is 12.8 Å². The molecule has 2 aromatic carbocycles. The molecule has 1 aliphatic rings. The molecule has 0 aromatic heterocycles. The lowest BCUT2D eigenvalue weighted by Gasteiger charge is -2.21. The first-order valence-electron chi connectivity index (χ1n) is 8.14. The molecule has 27 heavy (non-hydrogen) atoms. The average molecular weight is 408 g/mol. The van der Waals surface area contributed by atoms with Crippen LogP contribution in [0.4, 0.5) is 15.8 Å². The fourth-order valence-corrected chi connectivity index (χ4v) is 4.71. The molecule has 1 atom stereocenters. The molecule has 2 N–H and O–H groups in total. The van der Waals surface area contributed by atoms with Crippen molar-refractivity contribution >= 4 is 44.8 Å². The molecule has 0 saturated heterocycles. The second-order valence-corrected chi connectivity index (χ2v) is 9.53. The second-order valence-electron chi connectivity index (χ2n) is 6.03. The molecule has 1 aliphatic heterocycles. The number of hydrogen-bond donors (Lipinski definition) is 2. The molecule has 6 nitrogen and oxygen atoms in total. The molecular formula is C18H17FN2O4S2. The van der Waals surface area contributed by atoms with Gasteiger partial charge in [-0.2, -0.15) is 0 Å². The van der Waals surface area contributed by atoms with E-state index in [1.165, 1.54) is 42.1 Å². The zero-order chi connectivity index (χ0) is 19.6. The zero-order valence-corrected chi connectivity index (χ0v) is 16.0. The van der Waals surface area contributed by atoms with E-state index in [1.54, 1.807) is 13.0 Å². The van der Waals surface area contributed by atoms with E-state index in [0.717, 1.165) is 11.0 Å². The highest BCUT2D eigenvalue weighted by atomic mass is 32.2. The number of benzene rings is 2. The number of nitrogens with one attached hydrogen (secondary N) is 2. The molecule has 142 valence electrons. The molecule has 3 rings (SSSR count). The van der Waals surface area contributed by atoms with Crippen molar-refractivity contribution in [3.05, 3.63) is 48.3 Å². The predicted octanol–water partition coefficient (Wildman–Crippen LogP) is 3.06. The summed E-state index contributed by atoms with van der Waals surface area (Å²) >= 11 is 1.36. The molecule has 9 heteroatoms. The van der Waals surface area contributed by atoms with Gasteiger partial charge in [-0.3, -0.25) is 9.59 Å². The Morgan fingerprint density at radius 2 is 2.04 bits per heavy atom. The van der Waals surface area contributed by atoms with Crippen molar-refractivity contribution in [1.29, 1.82) is 0 Å². The first-order chi connectivity index (χ1) is 12.7.